The summed E-state index contributed by atoms with van der Waals surface area (Å²) in [5.74, 6) is 0.925. The molecule has 5 heteroatoms. The van der Waals surface area contributed by atoms with Gasteiger partial charge in [0.25, 0.3) is 0 Å². The minimum absolute atomic E-state index is 0. The van der Waals surface area contributed by atoms with E-state index in [2.05, 4.69) is 10.6 Å². The topological polar surface area (TPSA) is 41.1 Å². The van der Waals surface area contributed by atoms with Crippen molar-refractivity contribution >= 4 is 29.9 Å². The molecule has 2 aliphatic rings. The summed E-state index contributed by atoms with van der Waals surface area (Å²) in [7, 11) is 0. The lowest BCUT2D eigenvalue weighted by Gasteiger charge is -2.28. The van der Waals surface area contributed by atoms with Crippen LogP contribution in [0.4, 0.5) is 0 Å². The quantitative estimate of drug-likeness (QED) is 0.844. The van der Waals surface area contributed by atoms with Crippen LogP contribution in [0.15, 0.2) is 24.3 Å². The van der Waals surface area contributed by atoms with Gasteiger partial charge in [0.15, 0.2) is 0 Å². The molecular weight excluding hydrogens is 331 g/mol. The standard InChI is InChI=1S/C18H25ClN2O.ClH/c19-16-5-3-15(4-6-16)18(9-1-2-10-18)17(22)21-12-8-14-7-11-20-13-14;/h3-6,14,20H,1-2,7-13H2,(H,21,22);1H. The van der Waals surface area contributed by atoms with Crippen molar-refractivity contribution in [2.24, 2.45) is 5.92 Å². The largest absolute Gasteiger partial charge is 0.355 e. The number of hydrogen-bond donors (Lipinski definition) is 2. The summed E-state index contributed by atoms with van der Waals surface area (Å²) in [5, 5.41) is 7.31. The van der Waals surface area contributed by atoms with E-state index in [9.17, 15) is 4.79 Å². The zero-order chi connectivity index (χ0) is 15.4. The van der Waals surface area contributed by atoms with Gasteiger partial charge in [-0.1, -0.05) is 36.6 Å². The maximum Gasteiger partial charge on any atom is 0.230 e. The van der Waals surface area contributed by atoms with Gasteiger partial charge < -0.3 is 10.6 Å². The molecule has 2 fully saturated rings. The molecule has 3 rings (SSSR count). The minimum Gasteiger partial charge on any atom is -0.355 e. The number of hydrogen-bond acceptors (Lipinski definition) is 2. The van der Waals surface area contributed by atoms with Gasteiger partial charge >= 0.3 is 0 Å². The zero-order valence-electron chi connectivity index (χ0n) is 13.4. The lowest BCUT2D eigenvalue weighted by molar-refractivity contribution is -0.126. The van der Waals surface area contributed by atoms with E-state index >= 15 is 0 Å². The van der Waals surface area contributed by atoms with E-state index in [1.54, 1.807) is 0 Å². The molecule has 1 saturated heterocycles. The van der Waals surface area contributed by atoms with Crippen LogP contribution >= 0.6 is 24.0 Å². The third-order valence-electron chi connectivity index (χ3n) is 5.29. The zero-order valence-corrected chi connectivity index (χ0v) is 15.0. The molecule has 23 heavy (non-hydrogen) atoms. The molecule has 2 N–H and O–H groups in total. The maximum atomic E-state index is 12.9. The Bertz CT molecular complexity index is 506. The second-order valence-electron chi connectivity index (χ2n) is 6.70. The highest BCUT2D eigenvalue weighted by Crippen LogP contribution is 2.41. The highest BCUT2D eigenvalue weighted by Gasteiger charge is 2.42. The van der Waals surface area contributed by atoms with Gasteiger partial charge in [-0.25, -0.2) is 0 Å². The molecule has 1 heterocycles. The third-order valence-corrected chi connectivity index (χ3v) is 5.54. The van der Waals surface area contributed by atoms with Crippen LogP contribution in [-0.4, -0.2) is 25.5 Å². The molecule has 0 aromatic heterocycles. The first-order valence-corrected chi connectivity index (χ1v) is 8.83. The van der Waals surface area contributed by atoms with E-state index in [0.29, 0.717) is 0 Å². The Morgan fingerprint density at radius 3 is 2.57 bits per heavy atom. The highest BCUT2D eigenvalue weighted by atomic mass is 35.5. The van der Waals surface area contributed by atoms with Crippen LogP contribution in [-0.2, 0) is 10.2 Å². The molecule has 128 valence electrons. The van der Waals surface area contributed by atoms with Crippen molar-refractivity contribution in [2.75, 3.05) is 19.6 Å². The molecular formula is C18H26Cl2N2O. The summed E-state index contributed by atoms with van der Waals surface area (Å²) in [5.41, 5.74) is 0.785. The first kappa shape index (κ1) is 18.6. The van der Waals surface area contributed by atoms with Crippen LogP contribution in [0.5, 0.6) is 0 Å². The summed E-state index contributed by atoms with van der Waals surface area (Å²) in [4.78, 5) is 12.9. The number of halogens is 2. The predicted octanol–water partition coefficient (Wildman–Crippen LogP) is 3.69. The Balaban J connectivity index is 0.00000192. The lowest BCUT2D eigenvalue weighted by atomic mass is 9.78. The number of amides is 1. The molecule has 0 bridgehead atoms. The number of carbonyl (C=O) groups excluding carboxylic acids is 1. The van der Waals surface area contributed by atoms with E-state index in [0.717, 1.165) is 68.2 Å². The van der Waals surface area contributed by atoms with E-state index < -0.39 is 0 Å². The van der Waals surface area contributed by atoms with Crippen molar-refractivity contribution in [3.63, 3.8) is 0 Å². The first-order valence-electron chi connectivity index (χ1n) is 8.46. The van der Waals surface area contributed by atoms with Crippen LogP contribution in [0.1, 0.15) is 44.1 Å². The molecule has 1 aliphatic carbocycles. The van der Waals surface area contributed by atoms with Gasteiger partial charge in [-0.05, 0) is 62.4 Å². The maximum absolute atomic E-state index is 12.9. The molecule has 1 aromatic carbocycles. The van der Waals surface area contributed by atoms with Gasteiger partial charge in [-0.15, -0.1) is 12.4 Å². The Morgan fingerprint density at radius 1 is 1.26 bits per heavy atom. The Labute approximate surface area is 150 Å². The average Bonchev–Trinajstić information content (AvgIpc) is 3.20. The minimum atomic E-state index is -0.335. The second kappa shape index (κ2) is 8.36. The summed E-state index contributed by atoms with van der Waals surface area (Å²) in [6.07, 6.45) is 6.47. The van der Waals surface area contributed by atoms with Crippen molar-refractivity contribution < 1.29 is 4.79 Å². The van der Waals surface area contributed by atoms with E-state index in [-0.39, 0.29) is 23.7 Å². The van der Waals surface area contributed by atoms with Crippen LogP contribution in [0.3, 0.4) is 0 Å². The fourth-order valence-electron chi connectivity index (χ4n) is 3.91. The normalized spacial score (nSPS) is 22.6. The van der Waals surface area contributed by atoms with Crippen molar-refractivity contribution in [2.45, 2.75) is 43.9 Å². The van der Waals surface area contributed by atoms with E-state index in [4.69, 9.17) is 11.6 Å². The summed E-state index contributed by atoms with van der Waals surface area (Å²) in [6.45, 7) is 3.01. The van der Waals surface area contributed by atoms with Gasteiger partial charge in [0.1, 0.15) is 0 Å². The smallest absolute Gasteiger partial charge is 0.230 e. The van der Waals surface area contributed by atoms with Gasteiger partial charge in [-0.3, -0.25) is 4.79 Å². The molecule has 1 atom stereocenters. The monoisotopic (exact) mass is 356 g/mol. The summed E-state index contributed by atoms with van der Waals surface area (Å²) < 4.78 is 0. The predicted molar refractivity (Wildman–Crippen MR) is 97.4 cm³/mol. The van der Waals surface area contributed by atoms with E-state index in [1.165, 1.54) is 6.42 Å². The lowest BCUT2D eigenvalue weighted by Crippen LogP contribution is -2.43. The van der Waals surface area contributed by atoms with Crippen molar-refractivity contribution in [3.8, 4) is 0 Å². The molecule has 1 unspecified atom stereocenters. The van der Waals surface area contributed by atoms with E-state index in [1.807, 2.05) is 24.3 Å². The molecule has 1 aliphatic heterocycles. The van der Waals surface area contributed by atoms with Crippen molar-refractivity contribution in [3.05, 3.63) is 34.9 Å². The van der Waals surface area contributed by atoms with Crippen molar-refractivity contribution in [1.29, 1.82) is 0 Å². The van der Waals surface area contributed by atoms with Gasteiger partial charge in [0.05, 0.1) is 5.41 Å². The van der Waals surface area contributed by atoms with Crippen LogP contribution < -0.4 is 10.6 Å². The molecule has 0 radical (unpaired) electrons. The second-order valence-corrected chi connectivity index (χ2v) is 7.14. The number of nitrogens with one attached hydrogen (secondary N) is 2. The molecule has 1 aromatic rings. The SMILES string of the molecule is Cl.O=C(NCCC1CCNC1)C1(c2ccc(Cl)cc2)CCCC1. The number of rotatable bonds is 5. The van der Waals surface area contributed by atoms with Crippen LogP contribution in [0.2, 0.25) is 5.02 Å². The first-order chi connectivity index (χ1) is 10.7. The van der Waals surface area contributed by atoms with Gasteiger partial charge in [-0.2, -0.15) is 0 Å². The molecule has 1 saturated carbocycles. The summed E-state index contributed by atoms with van der Waals surface area (Å²) >= 11 is 5.99. The van der Waals surface area contributed by atoms with Gasteiger partial charge in [0, 0.05) is 11.6 Å². The number of carbonyl (C=O) groups is 1. The molecule has 3 nitrogen and oxygen atoms in total. The highest BCUT2D eigenvalue weighted by molar-refractivity contribution is 6.30. The molecule has 1 amide bonds. The Hall–Kier alpha value is -0.770. The fourth-order valence-corrected chi connectivity index (χ4v) is 4.04. The Morgan fingerprint density at radius 2 is 1.96 bits per heavy atom. The number of benzene rings is 1. The molecule has 0 spiro atoms. The van der Waals surface area contributed by atoms with Crippen LogP contribution in [0, 0.1) is 5.92 Å². The third kappa shape index (κ3) is 4.20. The summed E-state index contributed by atoms with van der Waals surface area (Å²) in [6, 6.07) is 7.84. The Kier molecular flexibility index (Phi) is 6.75. The average molecular weight is 357 g/mol. The fraction of sp³-hybridized carbons (Fsp3) is 0.611. The van der Waals surface area contributed by atoms with Crippen LogP contribution in [0.25, 0.3) is 0 Å². The van der Waals surface area contributed by atoms with Crippen molar-refractivity contribution in [1.82, 2.24) is 10.6 Å². The van der Waals surface area contributed by atoms with Gasteiger partial charge in [0.2, 0.25) is 5.91 Å².